The van der Waals surface area contributed by atoms with Crippen LogP contribution in [0.2, 0.25) is 36.3 Å². The number of benzene rings is 1. The van der Waals surface area contributed by atoms with Gasteiger partial charge in [-0.1, -0.05) is 67.5 Å². The molecule has 238 valence electrons. The van der Waals surface area contributed by atoms with E-state index >= 15 is 0 Å². The lowest BCUT2D eigenvalue weighted by atomic mass is 9.84. The van der Waals surface area contributed by atoms with Gasteiger partial charge in [-0.2, -0.15) is 0 Å². The Labute approximate surface area is 254 Å². The molecule has 1 aromatic rings. The van der Waals surface area contributed by atoms with Crippen LogP contribution < -0.4 is 9.47 Å². The molecule has 0 aliphatic rings. The fourth-order valence-corrected chi connectivity index (χ4v) is 9.53. The second kappa shape index (κ2) is 16.6. The van der Waals surface area contributed by atoms with Crippen molar-refractivity contribution in [1.29, 1.82) is 0 Å². The summed E-state index contributed by atoms with van der Waals surface area (Å²) in [4.78, 5) is 0. The Kier molecular flexibility index (Phi) is 15.3. The number of rotatable bonds is 19. The standard InChI is InChI=1S/C33H62O6Si2/c1-16-28(34-11)32(39-41(17-2,18-3)19-4)25(6)31(38-40(14,15)33(8,9)10)24(5)26(7)37-23-27-20-21-29(35-12)30(22-27)36-13/h16,20-22,24-26,28,31-32H,1,17-19,23H2,2-15H3/t24-,25+,26-,28+,31+,32-/m1/s1. The van der Waals surface area contributed by atoms with Crippen LogP contribution in [0.1, 0.15) is 67.9 Å². The van der Waals surface area contributed by atoms with Gasteiger partial charge in [0.05, 0.1) is 39.1 Å². The van der Waals surface area contributed by atoms with Crippen molar-refractivity contribution in [3.63, 3.8) is 0 Å². The zero-order valence-corrected chi connectivity index (χ0v) is 30.8. The van der Waals surface area contributed by atoms with Crippen LogP contribution in [0.3, 0.4) is 0 Å². The number of ether oxygens (including phenoxy) is 4. The molecule has 1 aromatic carbocycles. The molecule has 8 heteroatoms. The zero-order valence-electron chi connectivity index (χ0n) is 28.8. The van der Waals surface area contributed by atoms with Gasteiger partial charge in [0.25, 0.3) is 0 Å². The van der Waals surface area contributed by atoms with Crippen molar-refractivity contribution in [3.05, 3.63) is 36.4 Å². The molecule has 0 radical (unpaired) electrons. The predicted octanol–water partition coefficient (Wildman–Crippen LogP) is 8.86. The molecule has 0 saturated carbocycles. The van der Waals surface area contributed by atoms with Crippen molar-refractivity contribution < 1.29 is 27.8 Å². The maximum atomic E-state index is 7.27. The van der Waals surface area contributed by atoms with Gasteiger partial charge in [0, 0.05) is 18.9 Å². The molecule has 6 atom stereocenters. The lowest BCUT2D eigenvalue weighted by molar-refractivity contribution is -0.0804. The molecule has 0 N–H and O–H groups in total. The molecule has 0 amide bonds. The second-order valence-electron chi connectivity index (χ2n) is 13.0. The minimum Gasteiger partial charge on any atom is -0.493 e. The van der Waals surface area contributed by atoms with Crippen LogP contribution >= 0.6 is 0 Å². The molecule has 0 aliphatic carbocycles. The Hall–Kier alpha value is -1.17. The maximum Gasteiger partial charge on any atom is 0.192 e. The topological polar surface area (TPSA) is 55.4 Å². The summed E-state index contributed by atoms with van der Waals surface area (Å²) in [5, 5.41) is 0.0681. The summed E-state index contributed by atoms with van der Waals surface area (Å²) in [7, 11) is 0.979. The summed E-state index contributed by atoms with van der Waals surface area (Å²) < 4.78 is 37.8. The van der Waals surface area contributed by atoms with E-state index in [0.29, 0.717) is 18.1 Å². The molecular formula is C33H62O6Si2. The van der Waals surface area contributed by atoms with Crippen LogP contribution in [0.25, 0.3) is 0 Å². The molecular weight excluding hydrogens is 549 g/mol. The van der Waals surface area contributed by atoms with E-state index in [0.717, 1.165) is 23.7 Å². The van der Waals surface area contributed by atoms with E-state index in [4.69, 9.17) is 27.8 Å². The maximum absolute atomic E-state index is 7.27. The van der Waals surface area contributed by atoms with Crippen molar-refractivity contribution in [3.8, 4) is 11.5 Å². The molecule has 41 heavy (non-hydrogen) atoms. The first kappa shape index (κ1) is 37.9. The SMILES string of the molecule is C=C[C@H](OC)[C@H](O[Si](CC)(CC)CC)[C@@H](C)[C@@H](O[Si](C)(C)C(C)(C)C)[C@H](C)[C@@H](C)OCc1ccc(OC)c(OC)c1. The molecule has 0 aromatic heterocycles. The average molecular weight is 611 g/mol. The molecule has 0 fully saturated rings. The van der Waals surface area contributed by atoms with Crippen molar-refractivity contribution in [2.24, 2.45) is 11.8 Å². The van der Waals surface area contributed by atoms with Crippen LogP contribution in [-0.2, 0) is 24.9 Å². The summed E-state index contributed by atoms with van der Waals surface area (Å²) in [6.07, 6.45) is 1.38. The quantitative estimate of drug-likeness (QED) is 0.115. The van der Waals surface area contributed by atoms with Gasteiger partial charge in [-0.25, -0.2) is 0 Å². The summed E-state index contributed by atoms with van der Waals surface area (Å²) in [6.45, 7) is 29.6. The molecule has 0 heterocycles. The molecule has 0 aliphatic heterocycles. The first-order valence-corrected chi connectivity index (χ1v) is 20.9. The van der Waals surface area contributed by atoms with Crippen LogP contribution in [0.4, 0.5) is 0 Å². The fraction of sp³-hybridized carbons (Fsp3) is 0.758. The summed E-state index contributed by atoms with van der Waals surface area (Å²) in [6, 6.07) is 9.14. The Balaban J connectivity index is 3.43. The molecule has 6 nitrogen and oxygen atoms in total. The Morgan fingerprint density at radius 3 is 1.83 bits per heavy atom. The second-order valence-corrected chi connectivity index (χ2v) is 22.5. The van der Waals surface area contributed by atoms with Crippen molar-refractivity contribution in [2.75, 3.05) is 21.3 Å². The smallest absolute Gasteiger partial charge is 0.192 e. The van der Waals surface area contributed by atoms with Gasteiger partial charge in [0.15, 0.2) is 28.1 Å². The van der Waals surface area contributed by atoms with Gasteiger partial charge in [0.1, 0.15) is 6.10 Å². The minimum atomic E-state index is -2.13. The fourth-order valence-electron chi connectivity index (χ4n) is 5.14. The highest BCUT2D eigenvalue weighted by atomic mass is 28.4. The Bertz CT molecular complexity index is 903. The zero-order chi connectivity index (χ0) is 31.6. The van der Waals surface area contributed by atoms with Gasteiger partial charge in [-0.15, -0.1) is 6.58 Å². The van der Waals surface area contributed by atoms with Crippen LogP contribution in [0.15, 0.2) is 30.9 Å². The van der Waals surface area contributed by atoms with Crippen LogP contribution in [-0.4, -0.2) is 62.4 Å². The van der Waals surface area contributed by atoms with Gasteiger partial charge >= 0.3 is 0 Å². The average Bonchev–Trinajstić information content (AvgIpc) is 2.95. The van der Waals surface area contributed by atoms with Crippen molar-refractivity contribution >= 4 is 16.6 Å². The van der Waals surface area contributed by atoms with E-state index in [1.54, 1.807) is 21.3 Å². The lowest BCUT2D eigenvalue weighted by Gasteiger charge is -2.47. The summed E-state index contributed by atoms with van der Waals surface area (Å²) >= 11 is 0. The lowest BCUT2D eigenvalue weighted by Crippen LogP contribution is -2.55. The monoisotopic (exact) mass is 610 g/mol. The number of methoxy groups -OCH3 is 3. The molecule has 1 rings (SSSR count). The first-order chi connectivity index (χ1) is 19.1. The predicted molar refractivity (Wildman–Crippen MR) is 177 cm³/mol. The highest BCUT2D eigenvalue weighted by molar-refractivity contribution is 6.74. The normalized spacial score (nSPS) is 17.3. The largest absolute Gasteiger partial charge is 0.493 e. The van der Waals surface area contributed by atoms with E-state index in [1.807, 2.05) is 24.3 Å². The highest BCUT2D eigenvalue weighted by Crippen LogP contribution is 2.41. The van der Waals surface area contributed by atoms with Gasteiger partial charge in [-0.3, -0.25) is 0 Å². The summed E-state index contributed by atoms with van der Waals surface area (Å²) in [5.41, 5.74) is 1.04. The first-order valence-electron chi connectivity index (χ1n) is 15.4. The number of hydrogen-bond donors (Lipinski definition) is 0. The highest BCUT2D eigenvalue weighted by Gasteiger charge is 2.46. The third-order valence-corrected chi connectivity index (χ3v) is 18.8. The third-order valence-electron chi connectivity index (χ3n) is 9.64. The van der Waals surface area contributed by atoms with Gasteiger partial charge < -0.3 is 27.8 Å². The van der Waals surface area contributed by atoms with Crippen molar-refractivity contribution in [2.45, 2.75) is 130 Å². The Morgan fingerprint density at radius 1 is 0.829 bits per heavy atom. The molecule has 0 spiro atoms. The van der Waals surface area contributed by atoms with Gasteiger partial charge in [0.2, 0.25) is 0 Å². The van der Waals surface area contributed by atoms with E-state index in [-0.39, 0.29) is 41.3 Å². The van der Waals surface area contributed by atoms with E-state index < -0.39 is 16.6 Å². The van der Waals surface area contributed by atoms with Crippen molar-refractivity contribution in [1.82, 2.24) is 0 Å². The van der Waals surface area contributed by atoms with Crippen LogP contribution in [0, 0.1) is 11.8 Å². The van der Waals surface area contributed by atoms with E-state index in [1.165, 1.54) is 0 Å². The Morgan fingerprint density at radius 2 is 1.39 bits per heavy atom. The summed E-state index contributed by atoms with van der Waals surface area (Å²) in [5.74, 6) is 1.58. The van der Waals surface area contributed by atoms with E-state index in [2.05, 4.69) is 82.0 Å². The molecule has 0 unspecified atom stereocenters. The third kappa shape index (κ3) is 9.93. The van der Waals surface area contributed by atoms with Gasteiger partial charge in [-0.05, 0) is 60.9 Å². The van der Waals surface area contributed by atoms with Crippen LogP contribution in [0.5, 0.6) is 11.5 Å². The molecule has 0 bridgehead atoms. The molecule has 0 saturated heterocycles. The number of hydrogen-bond acceptors (Lipinski definition) is 6. The van der Waals surface area contributed by atoms with E-state index in [9.17, 15) is 0 Å². The minimum absolute atomic E-state index is 0.0591.